The van der Waals surface area contributed by atoms with Gasteiger partial charge in [-0.1, -0.05) is 38.4 Å². The van der Waals surface area contributed by atoms with Gasteiger partial charge in [0.05, 0.1) is 16.4 Å². The van der Waals surface area contributed by atoms with E-state index in [0.717, 1.165) is 42.3 Å². The zero-order valence-corrected chi connectivity index (χ0v) is 13.2. The van der Waals surface area contributed by atoms with E-state index in [1.54, 1.807) is 0 Å². The van der Waals surface area contributed by atoms with Crippen LogP contribution in [-0.2, 0) is 19.4 Å². The van der Waals surface area contributed by atoms with Gasteiger partial charge in [-0.3, -0.25) is 0 Å². The summed E-state index contributed by atoms with van der Waals surface area (Å²) in [6.07, 6.45) is 1.89. The first kappa shape index (κ1) is 15.1. The van der Waals surface area contributed by atoms with Gasteiger partial charge in [0.2, 0.25) is 0 Å². The van der Waals surface area contributed by atoms with E-state index in [1.807, 2.05) is 10.7 Å². The second kappa shape index (κ2) is 6.91. The van der Waals surface area contributed by atoms with Crippen LogP contribution in [0.5, 0.6) is 0 Å². The molecule has 2 rings (SSSR count). The van der Waals surface area contributed by atoms with Crippen LogP contribution in [0.25, 0.3) is 5.69 Å². The summed E-state index contributed by atoms with van der Waals surface area (Å²) in [5, 5.41) is 8.70. The Balaban J connectivity index is 2.35. The van der Waals surface area contributed by atoms with Crippen molar-refractivity contribution in [1.29, 1.82) is 0 Å². The zero-order valence-electron chi connectivity index (χ0n) is 12.4. The molecule has 1 aromatic carbocycles. The molecule has 0 amide bonds. The fourth-order valence-corrected chi connectivity index (χ4v) is 2.49. The number of aryl methyl sites for hydroxylation is 2. The van der Waals surface area contributed by atoms with Gasteiger partial charge in [0.15, 0.2) is 0 Å². The lowest BCUT2D eigenvalue weighted by molar-refractivity contribution is 0.725. The highest BCUT2D eigenvalue weighted by Crippen LogP contribution is 2.24. The predicted octanol–water partition coefficient (Wildman–Crippen LogP) is 3.76. The minimum absolute atomic E-state index is 0.751. The average Bonchev–Trinajstić information content (AvgIpc) is 2.88. The third-order valence-electron chi connectivity index (χ3n) is 3.38. The molecule has 4 heteroatoms. The van der Waals surface area contributed by atoms with E-state index in [0.29, 0.717) is 0 Å². The first-order chi connectivity index (χ1) is 9.69. The predicted molar refractivity (Wildman–Crippen MR) is 84.7 cm³/mol. The number of rotatable bonds is 6. The third kappa shape index (κ3) is 3.22. The lowest BCUT2D eigenvalue weighted by atomic mass is 10.2. The van der Waals surface area contributed by atoms with E-state index in [9.17, 15) is 0 Å². The maximum absolute atomic E-state index is 6.44. The fraction of sp³-hybridized carbons (Fsp3) is 0.438. The molecule has 0 aliphatic rings. The molecular formula is C16H22ClN3. The molecule has 3 nitrogen and oxygen atoms in total. The van der Waals surface area contributed by atoms with Crippen molar-refractivity contribution in [2.75, 3.05) is 6.54 Å². The Labute approximate surface area is 126 Å². The summed E-state index contributed by atoms with van der Waals surface area (Å²) in [6.45, 7) is 8.15. The molecular weight excluding hydrogens is 270 g/mol. The standard InChI is InChI=1S/C16H22ClN3/c1-4-13-10-14(5-2)20(19-13)16-8-7-12(9-15(16)17)11-18-6-3/h7-10,18H,4-6,11H2,1-3H3. The molecule has 20 heavy (non-hydrogen) atoms. The van der Waals surface area contributed by atoms with Crippen molar-refractivity contribution in [3.8, 4) is 5.69 Å². The highest BCUT2D eigenvalue weighted by atomic mass is 35.5. The molecule has 0 radical (unpaired) electrons. The zero-order chi connectivity index (χ0) is 14.5. The Morgan fingerprint density at radius 2 is 1.95 bits per heavy atom. The van der Waals surface area contributed by atoms with Gasteiger partial charge in [-0.15, -0.1) is 0 Å². The van der Waals surface area contributed by atoms with Gasteiger partial charge in [-0.25, -0.2) is 4.68 Å². The molecule has 1 N–H and O–H groups in total. The van der Waals surface area contributed by atoms with Crippen molar-refractivity contribution in [2.24, 2.45) is 0 Å². The van der Waals surface area contributed by atoms with Crippen LogP contribution >= 0.6 is 11.6 Å². The maximum Gasteiger partial charge on any atom is 0.0835 e. The minimum atomic E-state index is 0.751. The van der Waals surface area contributed by atoms with Gasteiger partial charge in [-0.05, 0) is 43.1 Å². The first-order valence-electron chi connectivity index (χ1n) is 7.26. The van der Waals surface area contributed by atoms with E-state index in [-0.39, 0.29) is 0 Å². The summed E-state index contributed by atoms with van der Waals surface area (Å²) < 4.78 is 1.97. The third-order valence-corrected chi connectivity index (χ3v) is 3.68. The molecule has 0 aliphatic heterocycles. The van der Waals surface area contributed by atoms with Crippen molar-refractivity contribution < 1.29 is 0 Å². The lowest BCUT2D eigenvalue weighted by Gasteiger charge is -2.10. The summed E-state index contributed by atoms with van der Waals surface area (Å²) in [6, 6.07) is 8.34. The Hall–Kier alpha value is -1.32. The number of benzene rings is 1. The second-order valence-electron chi connectivity index (χ2n) is 4.81. The fourth-order valence-electron chi connectivity index (χ4n) is 2.21. The molecule has 1 heterocycles. The summed E-state index contributed by atoms with van der Waals surface area (Å²) in [5.41, 5.74) is 4.46. The Bertz CT molecular complexity index is 575. The highest BCUT2D eigenvalue weighted by Gasteiger charge is 2.10. The van der Waals surface area contributed by atoms with Crippen LogP contribution in [0.1, 0.15) is 37.7 Å². The summed E-state index contributed by atoms with van der Waals surface area (Å²) in [5.74, 6) is 0. The lowest BCUT2D eigenvalue weighted by Crippen LogP contribution is -2.12. The molecule has 0 atom stereocenters. The van der Waals surface area contributed by atoms with Crippen LogP contribution in [0.15, 0.2) is 24.3 Å². The topological polar surface area (TPSA) is 29.9 Å². The number of halogens is 1. The molecule has 2 aromatic rings. The maximum atomic E-state index is 6.44. The molecule has 0 saturated heterocycles. The Morgan fingerprint density at radius 1 is 1.15 bits per heavy atom. The van der Waals surface area contributed by atoms with Crippen LogP contribution < -0.4 is 5.32 Å². The van der Waals surface area contributed by atoms with Crippen molar-refractivity contribution >= 4 is 11.6 Å². The van der Waals surface area contributed by atoms with Crippen LogP contribution in [0, 0.1) is 0 Å². The van der Waals surface area contributed by atoms with Crippen LogP contribution in [0.2, 0.25) is 5.02 Å². The molecule has 1 aromatic heterocycles. The molecule has 108 valence electrons. The van der Waals surface area contributed by atoms with Gasteiger partial charge in [0.25, 0.3) is 0 Å². The van der Waals surface area contributed by atoms with Crippen molar-refractivity contribution in [3.05, 3.63) is 46.2 Å². The SMILES string of the molecule is CCNCc1ccc(-n2nc(CC)cc2CC)c(Cl)c1. The smallest absolute Gasteiger partial charge is 0.0835 e. The van der Waals surface area contributed by atoms with Crippen molar-refractivity contribution in [1.82, 2.24) is 15.1 Å². The minimum Gasteiger partial charge on any atom is -0.313 e. The first-order valence-corrected chi connectivity index (χ1v) is 7.64. The number of hydrogen-bond donors (Lipinski definition) is 1. The number of aromatic nitrogens is 2. The van der Waals surface area contributed by atoms with Crippen LogP contribution in [0.3, 0.4) is 0 Å². The second-order valence-corrected chi connectivity index (χ2v) is 5.22. The van der Waals surface area contributed by atoms with E-state index in [2.05, 4.69) is 49.4 Å². The van der Waals surface area contributed by atoms with Gasteiger partial charge in [0, 0.05) is 12.2 Å². The Morgan fingerprint density at radius 3 is 2.55 bits per heavy atom. The molecule has 0 bridgehead atoms. The number of nitrogens with one attached hydrogen (secondary N) is 1. The van der Waals surface area contributed by atoms with Crippen LogP contribution in [-0.4, -0.2) is 16.3 Å². The van der Waals surface area contributed by atoms with Gasteiger partial charge < -0.3 is 5.32 Å². The largest absolute Gasteiger partial charge is 0.313 e. The van der Waals surface area contributed by atoms with Gasteiger partial charge >= 0.3 is 0 Å². The molecule has 0 aliphatic carbocycles. The monoisotopic (exact) mass is 291 g/mol. The highest BCUT2D eigenvalue weighted by molar-refractivity contribution is 6.32. The van der Waals surface area contributed by atoms with Crippen molar-refractivity contribution in [2.45, 2.75) is 40.2 Å². The molecule has 0 fully saturated rings. The molecule has 0 spiro atoms. The van der Waals surface area contributed by atoms with Crippen LogP contribution in [0.4, 0.5) is 0 Å². The number of nitrogens with zero attached hydrogens (tertiary/aromatic N) is 2. The molecule has 0 unspecified atom stereocenters. The van der Waals surface area contributed by atoms with Gasteiger partial charge in [0.1, 0.15) is 0 Å². The van der Waals surface area contributed by atoms with Gasteiger partial charge in [-0.2, -0.15) is 5.10 Å². The van der Waals surface area contributed by atoms with E-state index in [4.69, 9.17) is 11.6 Å². The van der Waals surface area contributed by atoms with E-state index < -0.39 is 0 Å². The normalized spacial score (nSPS) is 11.0. The quantitative estimate of drug-likeness (QED) is 0.878. The summed E-state index contributed by atoms with van der Waals surface area (Å²) in [7, 11) is 0. The number of hydrogen-bond acceptors (Lipinski definition) is 2. The summed E-state index contributed by atoms with van der Waals surface area (Å²) in [4.78, 5) is 0. The average molecular weight is 292 g/mol. The Kier molecular flexibility index (Phi) is 5.21. The van der Waals surface area contributed by atoms with Crippen molar-refractivity contribution in [3.63, 3.8) is 0 Å². The van der Waals surface area contributed by atoms with E-state index in [1.165, 1.54) is 11.3 Å². The van der Waals surface area contributed by atoms with E-state index >= 15 is 0 Å². The molecule has 0 saturated carbocycles. The summed E-state index contributed by atoms with van der Waals surface area (Å²) >= 11 is 6.44.